The Kier molecular flexibility index (Phi) is 10.3. The second kappa shape index (κ2) is 10.8. The van der Waals surface area contributed by atoms with E-state index < -0.39 is 0 Å². The van der Waals surface area contributed by atoms with Gasteiger partial charge in [-0.25, -0.2) is 5.41 Å². The van der Waals surface area contributed by atoms with Crippen molar-refractivity contribution in [2.24, 2.45) is 4.99 Å². The third-order valence-electron chi connectivity index (χ3n) is 1.33. The van der Waals surface area contributed by atoms with Gasteiger partial charge in [-0.15, -0.1) is 0 Å². The second-order valence-corrected chi connectivity index (χ2v) is 3.26. The van der Waals surface area contributed by atoms with E-state index in [2.05, 4.69) is 4.99 Å². The van der Waals surface area contributed by atoms with Gasteiger partial charge in [0.25, 0.3) is 0 Å². The van der Waals surface area contributed by atoms with Gasteiger partial charge in [-0.1, -0.05) is 11.6 Å². The first-order valence-corrected chi connectivity index (χ1v) is 5.23. The van der Waals surface area contributed by atoms with Crippen LogP contribution in [0.5, 0.6) is 0 Å². The van der Waals surface area contributed by atoms with Crippen molar-refractivity contribution in [2.45, 2.75) is 6.92 Å². The largest absolute Gasteiger partial charge is 0.461 e. The fraction of sp³-hybridized carbons (Fsp3) is 0.778. The normalized spacial score (nSPS) is 11.6. The molecule has 0 aromatic carbocycles. The number of aliphatic hydroxyl groups excluding tert-OH is 1. The van der Waals surface area contributed by atoms with Crippen LogP contribution in [0.25, 0.3) is 0 Å². The number of nitrogens with zero attached hydrogens (tertiary/aromatic N) is 1. The molecular weight excluding hydrogens is 236 g/mol. The van der Waals surface area contributed by atoms with Crippen molar-refractivity contribution in [3.8, 4) is 0 Å². The van der Waals surface area contributed by atoms with E-state index >= 15 is 0 Å². The average Bonchev–Trinajstić information content (AvgIpc) is 2.21. The van der Waals surface area contributed by atoms with Gasteiger partial charge in [0.2, 0.25) is 0 Å². The second-order valence-electron chi connectivity index (χ2n) is 2.71. The van der Waals surface area contributed by atoms with Crippen LogP contribution in [0.2, 0.25) is 0 Å². The molecule has 94 valence electrons. The molecule has 0 fully saturated rings. The Morgan fingerprint density at radius 2 is 1.75 bits per heavy atom. The predicted molar refractivity (Wildman–Crippen MR) is 61.4 cm³/mol. The van der Waals surface area contributed by atoms with Gasteiger partial charge in [0, 0.05) is 0 Å². The standard InChI is InChI=1S/C9H17ClN2O4/c1-8(10)12-9(11)16-7-6-15-5-4-14-3-2-13/h11,13H,2-7H2,1H3/b11-9?,12-8+. The van der Waals surface area contributed by atoms with Crippen LogP contribution in [0.3, 0.4) is 0 Å². The Balaban J connectivity index is 3.21. The highest BCUT2D eigenvalue weighted by atomic mass is 35.5. The highest BCUT2D eigenvalue weighted by molar-refractivity contribution is 6.65. The summed E-state index contributed by atoms with van der Waals surface area (Å²) in [6, 6.07) is -0.229. The van der Waals surface area contributed by atoms with Crippen LogP contribution in [0.15, 0.2) is 4.99 Å². The molecule has 0 aromatic heterocycles. The molecule has 16 heavy (non-hydrogen) atoms. The van der Waals surface area contributed by atoms with Gasteiger partial charge in [-0.05, 0) is 6.92 Å². The summed E-state index contributed by atoms with van der Waals surface area (Å²) in [5.41, 5.74) is 0. The van der Waals surface area contributed by atoms with Crippen molar-refractivity contribution < 1.29 is 19.3 Å². The minimum atomic E-state index is -0.229. The van der Waals surface area contributed by atoms with E-state index in [1.54, 1.807) is 6.92 Å². The van der Waals surface area contributed by atoms with Crippen molar-refractivity contribution in [2.75, 3.05) is 39.6 Å². The number of rotatable bonds is 8. The fourth-order valence-electron chi connectivity index (χ4n) is 0.756. The van der Waals surface area contributed by atoms with Crippen LogP contribution >= 0.6 is 11.6 Å². The Hall–Kier alpha value is -0.690. The van der Waals surface area contributed by atoms with E-state index in [0.717, 1.165) is 0 Å². The van der Waals surface area contributed by atoms with E-state index in [9.17, 15) is 0 Å². The summed E-state index contributed by atoms with van der Waals surface area (Å²) >= 11 is 5.44. The lowest BCUT2D eigenvalue weighted by atomic mass is 10.7. The quantitative estimate of drug-likeness (QED) is 0.377. The molecule has 0 bridgehead atoms. The maximum Gasteiger partial charge on any atom is 0.309 e. The summed E-state index contributed by atoms with van der Waals surface area (Å²) < 4.78 is 15.0. The molecule has 0 saturated heterocycles. The Labute approximate surface area is 99.7 Å². The molecule has 0 aliphatic rings. The first-order valence-electron chi connectivity index (χ1n) is 4.85. The van der Waals surface area contributed by atoms with Gasteiger partial charge < -0.3 is 19.3 Å². The van der Waals surface area contributed by atoms with Crippen LogP contribution < -0.4 is 0 Å². The number of hydrogen-bond donors (Lipinski definition) is 2. The fourth-order valence-corrected chi connectivity index (χ4v) is 0.833. The van der Waals surface area contributed by atoms with Crippen molar-refractivity contribution in [3.05, 3.63) is 0 Å². The first-order chi connectivity index (χ1) is 7.66. The topological polar surface area (TPSA) is 84.1 Å². The van der Waals surface area contributed by atoms with E-state index in [4.69, 9.17) is 36.3 Å². The number of halogens is 1. The van der Waals surface area contributed by atoms with Crippen molar-refractivity contribution >= 4 is 22.8 Å². The first kappa shape index (κ1) is 15.3. The van der Waals surface area contributed by atoms with Crippen LogP contribution in [0.4, 0.5) is 0 Å². The number of aliphatic hydroxyl groups is 1. The highest BCUT2D eigenvalue weighted by Crippen LogP contribution is 1.88. The predicted octanol–water partition coefficient (Wildman–Crippen LogP) is 0.620. The molecule has 2 N–H and O–H groups in total. The molecule has 0 aliphatic carbocycles. The number of nitrogens with one attached hydrogen (secondary N) is 1. The van der Waals surface area contributed by atoms with Crippen LogP contribution in [0, 0.1) is 5.41 Å². The lowest BCUT2D eigenvalue weighted by Crippen LogP contribution is -2.12. The highest BCUT2D eigenvalue weighted by Gasteiger charge is 1.95. The van der Waals surface area contributed by atoms with Gasteiger partial charge in [0.05, 0.1) is 33.0 Å². The summed E-state index contributed by atoms with van der Waals surface area (Å²) in [7, 11) is 0. The molecule has 0 saturated carbocycles. The summed E-state index contributed by atoms with van der Waals surface area (Å²) in [5.74, 6) is 0. The monoisotopic (exact) mass is 252 g/mol. The van der Waals surface area contributed by atoms with E-state index in [1.165, 1.54) is 0 Å². The van der Waals surface area contributed by atoms with E-state index in [0.29, 0.717) is 26.4 Å². The maximum atomic E-state index is 8.41. The van der Waals surface area contributed by atoms with Crippen LogP contribution in [-0.4, -0.2) is 55.9 Å². The van der Waals surface area contributed by atoms with Gasteiger partial charge in [0.1, 0.15) is 11.8 Å². The lowest BCUT2D eigenvalue weighted by Gasteiger charge is -2.05. The molecule has 7 heteroatoms. The molecule has 0 unspecified atom stereocenters. The lowest BCUT2D eigenvalue weighted by molar-refractivity contribution is 0.0233. The zero-order chi connectivity index (χ0) is 12.2. The van der Waals surface area contributed by atoms with Crippen LogP contribution in [-0.2, 0) is 14.2 Å². The van der Waals surface area contributed by atoms with Gasteiger partial charge in [-0.2, -0.15) is 4.99 Å². The Morgan fingerprint density at radius 1 is 1.19 bits per heavy atom. The molecule has 0 heterocycles. The number of hydrogen-bond acceptors (Lipinski definition) is 5. The Morgan fingerprint density at radius 3 is 2.31 bits per heavy atom. The summed E-state index contributed by atoms with van der Waals surface area (Å²) in [6.07, 6.45) is 0. The zero-order valence-electron chi connectivity index (χ0n) is 9.24. The molecule has 0 aromatic rings. The smallest absolute Gasteiger partial charge is 0.309 e. The molecule has 0 aliphatic heterocycles. The van der Waals surface area contributed by atoms with E-state index in [-0.39, 0.29) is 24.4 Å². The number of amidine groups is 1. The minimum absolute atomic E-state index is 0.00998. The summed E-state index contributed by atoms with van der Waals surface area (Å²) in [4.78, 5) is 3.57. The average molecular weight is 253 g/mol. The molecule has 0 radical (unpaired) electrons. The zero-order valence-corrected chi connectivity index (χ0v) is 10.00. The maximum absolute atomic E-state index is 8.41. The van der Waals surface area contributed by atoms with Gasteiger partial charge in [-0.3, -0.25) is 0 Å². The molecule has 6 nitrogen and oxygen atoms in total. The third-order valence-corrected chi connectivity index (χ3v) is 1.41. The SMILES string of the molecule is C/C(Cl)=N\C(=N)OCCOCCOCCO. The number of ether oxygens (including phenoxy) is 3. The molecule has 0 rings (SSSR count). The molecular formula is C9H17ClN2O4. The van der Waals surface area contributed by atoms with Gasteiger partial charge in [0.15, 0.2) is 0 Å². The Bertz CT molecular complexity index is 220. The summed E-state index contributed by atoms with van der Waals surface area (Å²) in [5, 5.41) is 15.8. The van der Waals surface area contributed by atoms with Crippen molar-refractivity contribution in [1.29, 1.82) is 5.41 Å². The molecule has 0 atom stereocenters. The van der Waals surface area contributed by atoms with E-state index in [1.807, 2.05) is 0 Å². The summed E-state index contributed by atoms with van der Waals surface area (Å²) in [6.45, 7) is 3.33. The minimum Gasteiger partial charge on any atom is -0.461 e. The van der Waals surface area contributed by atoms with Crippen LogP contribution in [0.1, 0.15) is 6.92 Å². The van der Waals surface area contributed by atoms with Crippen molar-refractivity contribution in [1.82, 2.24) is 0 Å². The molecule has 0 amide bonds. The van der Waals surface area contributed by atoms with Gasteiger partial charge >= 0.3 is 6.02 Å². The van der Waals surface area contributed by atoms with Crippen molar-refractivity contribution in [3.63, 3.8) is 0 Å². The third kappa shape index (κ3) is 11.4. The number of aliphatic imine (C=N–C) groups is 1. The molecule has 0 spiro atoms.